The van der Waals surface area contributed by atoms with Crippen molar-refractivity contribution in [1.29, 1.82) is 0 Å². The number of halogens is 3. The van der Waals surface area contributed by atoms with E-state index in [4.69, 9.17) is 0 Å². The van der Waals surface area contributed by atoms with Crippen molar-refractivity contribution in [3.8, 4) is 5.75 Å². The number of nitrogens with one attached hydrogen (secondary N) is 1. The predicted molar refractivity (Wildman–Crippen MR) is 63.8 cm³/mol. The molecule has 0 bridgehead atoms. The van der Waals surface area contributed by atoms with E-state index in [0.29, 0.717) is 6.42 Å². The number of alkyl halides is 3. The van der Waals surface area contributed by atoms with Crippen LogP contribution in [-0.4, -0.2) is 31.2 Å². The van der Waals surface area contributed by atoms with Crippen LogP contribution in [0.2, 0.25) is 0 Å². The van der Waals surface area contributed by atoms with Gasteiger partial charge in [-0.15, -0.1) is 13.2 Å². The van der Waals surface area contributed by atoms with Gasteiger partial charge >= 0.3 is 6.36 Å². The number of aliphatic hydroxyl groups excluding tert-OH is 1. The minimum atomic E-state index is -4.66. The minimum Gasteiger partial charge on any atom is -0.406 e. The van der Waals surface area contributed by atoms with Crippen molar-refractivity contribution in [3.05, 3.63) is 29.8 Å². The number of aliphatic hydroxyl groups is 1. The maximum atomic E-state index is 12.0. The van der Waals surface area contributed by atoms with Crippen molar-refractivity contribution in [2.75, 3.05) is 19.7 Å². The molecule has 1 heterocycles. The summed E-state index contributed by atoms with van der Waals surface area (Å²) in [6, 6.07) is 5.82. The largest absolute Gasteiger partial charge is 0.573 e. The first-order chi connectivity index (χ1) is 8.92. The second-order valence-corrected chi connectivity index (χ2v) is 4.95. The normalized spacial score (nSPS) is 23.6. The van der Waals surface area contributed by atoms with Gasteiger partial charge in [0, 0.05) is 12.0 Å². The summed E-state index contributed by atoms with van der Waals surface area (Å²) in [6.07, 6.45) is -3.16. The van der Waals surface area contributed by atoms with Gasteiger partial charge in [-0.05, 0) is 37.1 Å². The van der Waals surface area contributed by atoms with Crippen LogP contribution in [0, 0.1) is 5.41 Å². The van der Waals surface area contributed by atoms with Crippen LogP contribution in [-0.2, 0) is 6.42 Å². The molecule has 0 radical (unpaired) electrons. The van der Waals surface area contributed by atoms with Crippen LogP contribution in [0.4, 0.5) is 13.2 Å². The summed E-state index contributed by atoms with van der Waals surface area (Å²) in [5.41, 5.74) is 0.694. The van der Waals surface area contributed by atoms with Gasteiger partial charge in [0.05, 0.1) is 6.61 Å². The Morgan fingerprint density at radius 2 is 1.95 bits per heavy atom. The molecule has 1 unspecified atom stereocenters. The van der Waals surface area contributed by atoms with Gasteiger partial charge in [0.15, 0.2) is 0 Å². The number of benzene rings is 1. The third-order valence-corrected chi connectivity index (χ3v) is 3.40. The molecular weight excluding hydrogens is 259 g/mol. The highest BCUT2D eigenvalue weighted by atomic mass is 19.4. The quantitative estimate of drug-likeness (QED) is 0.884. The highest BCUT2D eigenvalue weighted by Gasteiger charge is 2.33. The Morgan fingerprint density at radius 1 is 1.26 bits per heavy atom. The Balaban J connectivity index is 2.02. The maximum absolute atomic E-state index is 12.0. The lowest BCUT2D eigenvalue weighted by Crippen LogP contribution is -2.30. The predicted octanol–water partition coefficient (Wildman–Crippen LogP) is 2.10. The average molecular weight is 275 g/mol. The zero-order chi connectivity index (χ0) is 13.9. The summed E-state index contributed by atoms with van der Waals surface area (Å²) >= 11 is 0. The van der Waals surface area contributed by atoms with Crippen LogP contribution in [0.15, 0.2) is 24.3 Å². The first-order valence-electron chi connectivity index (χ1n) is 6.09. The zero-order valence-electron chi connectivity index (χ0n) is 10.3. The highest BCUT2D eigenvalue weighted by molar-refractivity contribution is 5.28. The van der Waals surface area contributed by atoms with E-state index in [0.717, 1.165) is 25.1 Å². The van der Waals surface area contributed by atoms with E-state index < -0.39 is 6.36 Å². The van der Waals surface area contributed by atoms with Gasteiger partial charge in [0.2, 0.25) is 0 Å². The van der Waals surface area contributed by atoms with Crippen molar-refractivity contribution in [3.63, 3.8) is 0 Å². The molecule has 1 fully saturated rings. The number of hydrogen-bond donors (Lipinski definition) is 2. The van der Waals surface area contributed by atoms with E-state index in [-0.39, 0.29) is 17.8 Å². The van der Waals surface area contributed by atoms with E-state index in [1.165, 1.54) is 12.1 Å². The fourth-order valence-corrected chi connectivity index (χ4v) is 2.38. The molecule has 1 aliphatic heterocycles. The number of rotatable bonds is 4. The molecule has 2 N–H and O–H groups in total. The topological polar surface area (TPSA) is 41.5 Å². The Bertz CT molecular complexity index is 411. The SMILES string of the molecule is OCC1(Cc2ccc(OC(F)(F)F)cc2)CCNC1. The fourth-order valence-electron chi connectivity index (χ4n) is 2.38. The third-order valence-electron chi connectivity index (χ3n) is 3.40. The Labute approximate surface area is 109 Å². The van der Waals surface area contributed by atoms with E-state index in [9.17, 15) is 18.3 Å². The molecule has 3 nitrogen and oxygen atoms in total. The standard InChI is InChI=1S/C13H16F3NO2/c14-13(15,16)19-11-3-1-10(2-4-11)7-12(9-18)5-6-17-8-12/h1-4,17-18H,5-9H2. The molecule has 1 aliphatic rings. The summed E-state index contributed by atoms with van der Waals surface area (Å²) < 4.78 is 39.9. The van der Waals surface area contributed by atoms with Gasteiger partial charge in [-0.1, -0.05) is 12.1 Å². The van der Waals surface area contributed by atoms with Crippen LogP contribution in [0.3, 0.4) is 0 Å². The molecule has 1 aromatic carbocycles. The van der Waals surface area contributed by atoms with Crippen LogP contribution in [0.5, 0.6) is 5.75 Å². The molecular formula is C13H16F3NO2. The number of ether oxygens (including phenoxy) is 1. The van der Waals surface area contributed by atoms with Crippen LogP contribution in [0.25, 0.3) is 0 Å². The summed E-state index contributed by atoms with van der Waals surface area (Å²) in [5.74, 6) is -0.223. The lowest BCUT2D eigenvalue weighted by Gasteiger charge is -2.25. The molecule has 1 aromatic rings. The lowest BCUT2D eigenvalue weighted by atomic mass is 9.82. The van der Waals surface area contributed by atoms with Crippen molar-refractivity contribution in [2.24, 2.45) is 5.41 Å². The van der Waals surface area contributed by atoms with Crippen LogP contribution in [0.1, 0.15) is 12.0 Å². The zero-order valence-corrected chi connectivity index (χ0v) is 10.3. The monoisotopic (exact) mass is 275 g/mol. The van der Waals surface area contributed by atoms with E-state index in [1.807, 2.05) is 0 Å². The number of hydrogen-bond acceptors (Lipinski definition) is 3. The van der Waals surface area contributed by atoms with Gasteiger partial charge in [-0.3, -0.25) is 0 Å². The summed E-state index contributed by atoms with van der Waals surface area (Å²) in [6.45, 7) is 1.65. The first kappa shape index (κ1) is 14.1. The van der Waals surface area contributed by atoms with Crippen LogP contribution < -0.4 is 10.1 Å². The smallest absolute Gasteiger partial charge is 0.406 e. The lowest BCUT2D eigenvalue weighted by molar-refractivity contribution is -0.274. The molecule has 19 heavy (non-hydrogen) atoms. The molecule has 0 spiro atoms. The fraction of sp³-hybridized carbons (Fsp3) is 0.538. The van der Waals surface area contributed by atoms with Gasteiger partial charge in [-0.2, -0.15) is 0 Å². The van der Waals surface area contributed by atoms with Crippen molar-refractivity contribution in [2.45, 2.75) is 19.2 Å². The maximum Gasteiger partial charge on any atom is 0.573 e. The summed E-state index contributed by atoms with van der Waals surface area (Å²) in [4.78, 5) is 0. The third kappa shape index (κ3) is 3.84. The Morgan fingerprint density at radius 3 is 2.42 bits per heavy atom. The molecule has 1 saturated heterocycles. The highest BCUT2D eigenvalue weighted by Crippen LogP contribution is 2.30. The molecule has 0 saturated carbocycles. The molecule has 0 aliphatic carbocycles. The molecule has 2 rings (SSSR count). The van der Waals surface area contributed by atoms with Crippen LogP contribution >= 0.6 is 0 Å². The molecule has 6 heteroatoms. The van der Waals surface area contributed by atoms with Gasteiger partial charge < -0.3 is 15.2 Å². The van der Waals surface area contributed by atoms with Crippen molar-refractivity contribution >= 4 is 0 Å². The first-order valence-corrected chi connectivity index (χ1v) is 6.09. The van der Waals surface area contributed by atoms with E-state index >= 15 is 0 Å². The Kier molecular flexibility index (Phi) is 4.01. The molecule has 106 valence electrons. The minimum absolute atomic E-state index is 0.0702. The van der Waals surface area contributed by atoms with Gasteiger partial charge in [0.1, 0.15) is 5.75 Å². The second-order valence-electron chi connectivity index (χ2n) is 4.95. The molecule has 1 atom stereocenters. The molecule has 0 amide bonds. The van der Waals surface area contributed by atoms with E-state index in [1.54, 1.807) is 12.1 Å². The Hall–Kier alpha value is -1.27. The van der Waals surface area contributed by atoms with Gasteiger partial charge in [0.25, 0.3) is 0 Å². The van der Waals surface area contributed by atoms with Crippen molar-refractivity contribution in [1.82, 2.24) is 5.32 Å². The summed E-state index contributed by atoms with van der Waals surface area (Å²) in [7, 11) is 0. The summed E-state index contributed by atoms with van der Waals surface area (Å²) in [5, 5.41) is 12.7. The second kappa shape index (κ2) is 5.38. The van der Waals surface area contributed by atoms with E-state index in [2.05, 4.69) is 10.1 Å². The van der Waals surface area contributed by atoms with Crippen molar-refractivity contribution < 1.29 is 23.0 Å². The average Bonchev–Trinajstić information content (AvgIpc) is 2.79. The molecule has 0 aromatic heterocycles. The van der Waals surface area contributed by atoms with Gasteiger partial charge in [-0.25, -0.2) is 0 Å².